The van der Waals surface area contributed by atoms with Crippen LogP contribution in [0.5, 0.6) is 11.5 Å². The number of hydrogen-bond acceptors (Lipinski definition) is 7. The fraction of sp³-hybridized carbons (Fsp3) is 0.143. The van der Waals surface area contributed by atoms with Crippen LogP contribution in [0.25, 0.3) is 6.08 Å². The minimum absolute atomic E-state index is 0.0963. The van der Waals surface area contributed by atoms with Crippen LogP contribution in [0.2, 0.25) is 0 Å². The first-order valence-corrected chi connectivity index (χ1v) is 9.35. The zero-order valence-electron chi connectivity index (χ0n) is 16.4. The van der Waals surface area contributed by atoms with E-state index in [0.29, 0.717) is 5.56 Å². The Morgan fingerprint density at radius 2 is 1.94 bits per heavy atom. The van der Waals surface area contributed by atoms with Gasteiger partial charge in [0.25, 0.3) is 11.8 Å². The smallest absolute Gasteiger partial charge is 0.270 e. The van der Waals surface area contributed by atoms with Crippen molar-refractivity contribution in [3.05, 3.63) is 59.4 Å². The Labute approximate surface area is 181 Å². The largest absolute Gasteiger partial charge is 0.546 e. The molecule has 2 aromatic rings. The van der Waals surface area contributed by atoms with Crippen molar-refractivity contribution in [2.75, 3.05) is 12.0 Å². The Bertz CT molecular complexity index is 1120. The molecule has 8 nitrogen and oxygen atoms in total. The van der Waals surface area contributed by atoms with Crippen molar-refractivity contribution in [3.63, 3.8) is 0 Å². The second kappa shape index (κ2) is 8.92. The van der Waals surface area contributed by atoms with Gasteiger partial charge in [0.15, 0.2) is 16.6 Å². The molecule has 0 radical (unpaired) electrons. The van der Waals surface area contributed by atoms with Crippen LogP contribution in [0.3, 0.4) is 0 Å². The Morgan fingerprint density at radius 1 is 1.23 bits per heavy atom. The van der Waals surface area contributed by atoms with Crippen molar-refractivity contribution in [1.29, 1.82) is 0 Å². The summed E-state index contributed by atoms with van der Waals surface area (Å²) in [4.78, 5) is 37.1. The van der Waals surface area contributed by atoms with Gasteiger partial charge in [-0.3, -0.25) is 14.9 Å². The number of anilines is 1. The van der Waals surface area contributed by atoms with Gasteiger partial charge in [-0.05, 0) is 55.0 Å². The van der Waals surface area contributed by atoms with Gasteiger partial charge < -0.3 is 19.4 Å². The minimum atomic E-state index is -1.40. The first kappa shape index (κ1) is 21.9. The number of ether oxygens (including phenoxy) is 2. The summed E-state index contributed by atoms with van der Waals surface area (Å²) in [5.74, 6) is -3.32. The molecule has 0 bridgehead atoms. The first-order valence-electron chi connectivity index (χ1n) is 8.94. The van der Waals surface area contributed by atoms with Crippen LogP contribution in [-0.4, -0.2) is 36.1 Å². The van der Waals surface area contributed by atoms with Gasteiger partial charge in [0.05, 0.1) is 18.8 Å². The quantitative estimate of drug-likeness (QED) is 0.406. The number of methoxy groups -OCH3 is 1. The van der Waals surface area contributed by atoms with Gasteiger partial charge in [-0.1, -0.05) is 18.2 Å². The molecule has 1 aliphatic rings. The van der Waals surface area contributed by atoms with E-state index in [0.717, 1.165) is 4.90 Å². The van der Waals surface area contributed by atoms with Crippen molar-refractivity contribution >= 4 is 46.9 Å². The lowest BCUT2D eigenvalue weighted by Crippen LogP contribution is -2.54. The molecule has 2 amide bonds. The third-order valence-electron chi connectivity index (χ3n) is 4.33. The third kappa shape index (κ3) is 4.53. The molecule has 1 N–H and O–H groups in total. The molecule has 2 aromatic carbocycles. The third-order valence-corrected chi connectivity index (χ3v) is 4.61. The molecular weight excluding hydrogens is 427 g/mol. The van der Waals surface area contributed by atoms with Crippen LogP contribution in [0, 0.1) is 5.82 Å². The number of carbonyl (C=O) groups is 3. The molecule has 31 heavy (non-hydrogen) atoms. The summed E-state index contributed by atoms with van der Waals surface area (Å²) in [6.45, 7) is 1.30. The van der Waals surface area contributed by atoms with Gasteiger partial charge >= 0.3 is 0 Å². The van der Waals surface area contributed by atoms with Crippen LogP contribution >= 0.6 is 12.2 Å². The van der Waals surface area contributed by atoms with Crippen molar-refractivity contribution in [2.24, 2.45) is 0 Å². The summed E-state index contributed by atoms with van der Waals surface area (Å²) in [6.07, 6.45) is 0.0565. The first-order chi connectivity index (χ1) is 14.7. The number of aliphatic carboxylic acids is 1. The number of carbonyl (C=O) groups excluding carboxylic acids is 3. The Morgan fingerprint density at radius 3 is 2.58 bits per heavy atom. The lowest BCUT2D eigenvalue weighted by molar-refractivity contribution is -0.312. The van der Waals surface area contributed by atoms with Crippen LogP contribution in [0.1, 0.15) is 12.5 Å². The van der Waals surface area contributed by atoms with Gasteiger partial charge in [0.1, 0.15) is 17.5 Å². The van der Waals surface area contributed by atoms with Crippen molar-refractivity contribution in [2.45, 2.75) is 13.0 Å². The van der Waals surface area contributed by atoms with E-state index in [1.54, 1.807) is 0 Å². The number of carboxylic acid groups (broad SMARTS) is 1. The summed E-state index contributed by atoms with van der Waals surface area (Å²) in [5, 5.41) is 13.0. The van der Waals surface area contributed by atoms with E-state index in [9.17, 15) is 23.9 Å². The summed E-state index contributed by atoms with van der Waals surface area (Å²) >= 11 is 5.05. The van der Waals surface area contributed by atoms with Crippen LogP contribution in [-0.2, 0) is 14.4 Å². The van der Waals surface area contributed by atoms with Crippen molar-refractivity contribution < 1.29 is 33.4 Å². The predicted molar refractivity (Wildman–Crippen MR) is 111 cm³/mol. The maximum absolute atomic E-state index is 14.2. The fourth-order valence-electron chi connectivity index (χ4n) is 2.79. The maximum Gasteiger partial charge on any atom is 0.270 e. The number of hydrogen-bond donors (Lipinski definition) is 1. The number of amides is 2. The normalized spacial score (nSPS) is 16.2. The molecule has 10 heteroatoms. The maximum atomic E-state index is 14.2. The summed E-state index contributed by atoms with van der Waals surface area (Å²) in [5.41, 5.74) is 0.00165. The Kier molecular flexibility index (Phi) is 6.30. The predicted octanol–water partition coefficient (Wildman–Crippen LogP) is 1.18. The SMILES string of the molecule is COc1cc(/C=C2/C(=O)NC(=S)N(c3ccccc3F)C2=O)ccc1O[C@@H](C)C(=O)[O-]. The lowest BCUT2D eigenvalue weighted by Gasteiger charge is -2.29. The zero-order valence-corrected chi connectivity index (χ0v) is 17.2. The van der Waals surface area contributed by atoms with Crippen molar-refractivity contribution in [1.82, 2.24) is 5.32 Å². The Balaban J connectivity index is 1.97. The van der Waals surface area contributed by atoms with E-state index < -0.39 is 29.7 Å². The van der Waals surface area contributed by atoms with Gasteiger partial charge in [-0.2, -0.15) is 0 Å². The number of rotatable bonds is 6. The molecule has 160 valence electrons. The van der Waals surface area contributed by atoms with Gasteiger partial charge in [-0.25, -0.2) is 9.29 Å². The molecule has 0 saturated carbocycles. The number of nitrogens with one attached hydrogen (secondary N) is 1. The van der Waals surface area contributed by atoms with E-state index in [-0.39, 0.29) is 27.9 Å². The van der Waals surface area contributed by atoms with E-state index >= 15 is 0 Å². The second-order valence-corrected chi connectivity index (χ2v) is 6.79. The Hall–Kier alpha value is -3.79. The summed E-state index contributed by atoms with van der Waals surface area (Å²) in [7, 11) is 1.35. The molecule has 1 aliphatic heterocycles. The highest BCUT2D eigenvalue weighted by molar-refractivity contribution is 7.80. The van der Waals surface area contributed by atoms with Gasteiger partial charge in [0.2, 0.25) is 0 Å². The number of carboxylic acids is 1. The van der Waals surface area contributed by atoms with Crippen molar-refractivity contribution in [3.8, 4) is 11.5 Å². The molecule has 0 aliphatic carbocycles. The number of nitrogens with zero attached hydrogens (tertiary/aromatic N) is 1. The van der Waals surface area contributed by atoms with Crippen LogP contribution in [0.4, 0.5) is 10.1 Å². The molecule has 1 saturated heterocycles. The zero-order chi connectivity index (χ0) is 22.7. The fourth-order valence-corrected chi connectivity index (χ4v) is 3.06. The highest BCUT2D eigenvalue weighted by Crippen LogP contribution is 2.31. The molecule has 1 heterocycles. The molecule has 0 spiro atoms. The average Bonchev–Trinajstić information content (AvgIpc) is 2.73. The molecule has 0 aromatic heterocycles. The molecular formula is C21H16FN2O6S-. The van der Waals surface area contributed by atoms with Gasteiger partial charge in [-0.15, -0.1) is 0 Å². The van der Waals surface area contributed by atoms with Gasteiger partial charge in [0, 0.05) is 0 Å². The number of para-hydroxylation sites is 1. The lowest BCUT2D eigenvalue weighted by atomic mass is 10.1. The number of halogens is 1. The van der Waals surface area contributed by atoms with E-state index in [1.807, 2.05) is 0 Å². The monoisotopic (exact) mass is 443 g/mol. The summed E-state index contributed by atoms with van der Waals surface area (Å²) in [6, 6.07) is 9.90. The number of thiocarbonyl (C=S) groups is 1. The van der Waals surface area contributed by atoms with Crippen LogP contribution in [0.15, 0.2) is 48.0 Å². The average molecular weight is 443 g/mol. The topological polar surface area (TPSA) is 108 Å². The summed E-state index contributed by atoms with van der Waals surface area (Å²) < 4.78 is 24.7. The van der Waals surface area contributed by atoms with E-state index in [4.69, 9.17) is 21.7 Å². The molecule has 3 rings (SSSR count). The van der Waals surface area contributed by atoms with E-state index in [1.165, 1.54) is 62.6 Å². The highest BCUT2D eigenvalue weighted by Gasteiger charge is 2.35. The molecule has 1 atom stereocenters. The highest BCUT2D eigenvalue weighted by atomic mass is 32.1. The minimum Gasteiger partial charge on any atom is -0.546 e. The second-order valence-electron chi connectivity index (χ2n) is 6.40. The van der Waals surface area contributed by atoms with E-state index in [2.05, 4.69) is 5.32 Å². The number of benzene rings is 2. The molecule has 1 fully saturated rings. The molecule has 0 unspecified atom stereocenters. The standard InChI is InChI=1S/C21H17FN2O6S/c1-11(20(27)28)30-16-8-7-12(10-17(16)29-2)9-13-18(25)23-21(31)24(19(13)26)15-6-4-3-5-14(15)22/h3-11H,1-2H3,(H,27,28)(H,23,25,31)/p-1/b13-9-/t11-/m0/s1. The van der Waals surface area contributed by atoms with Crippen LogP contribution < -0.4 is 24.8 Å².